The van der Waals surface area contributed by atoms with Crippen LogP contribution in [0, 0.1) is 11.6 Å². The van der Waals surface area contributed by atoms with Gasteiger partial charge in [-0.25, -0.2) is 13.6 Å². The van der Waals surface area contributed by atoms with Gasteiger partial charge in [-0.1, -0.05) is 0 Å². The van der Waals surface area contributed by atoms with Crippen LogP contribution in [0.15, 0.2) is 18.2 Å². The number of hydrogen-bond donors (Lipinski definition) is 1. The fourth-order valence-electron chi connectivity index (χ4n) is 2.53. The van der Waals surface area contributed by atoms with Crippen LogP contribution in [-0.2, 0) is 4.74 Å². The van der Waals surface area contributed by atoms with Crippen LogP contribution in [-0.4, -0.2) is 36.2 Å². The quantitative estimate of drug-likeness (QED) is 0.909. The van der Waals surface area contributed by atoms with Gasteiger partial charge in [0.2, 0.25) is 0 Å². The smallest absolute Gasteiger partial charge is 0.321 e. The Morgan fingerprint density at radius 3 is 2.52 bits per heavy atom. The van der Waals surface area contributed by atoms with E-state index < -0.39 is 11.6 Å². The normalized spacial score (nSPS) is 20.9. The van der Waals surface area contributed by atoms with E-state index in [1.807, 2.05) is 13.8 Å². The van der Waals surface area contributed by atoms with Gasteiger partial charge in [-0.2, -0.15) is 0 Å². The van der Waals surface area contributed by atoms with Gasteiger partial charge in [-0.15, -0.1) is 0 Å². The number of anilines is 1. The summed E-state index contributed by atoms with van der Waals surface area (Å²) in [6.45, 7) is 4.55. The molecule has 0 spiro atoms. The first-order chi connectivity index (χ1) is 9.77. The number of carbonyl (C=O) groups excluding carboxylic acids is 1. The van der Waals surface area contributed by atoms with Crippen molar-refractivity contribution in [3.63, 3.8) is 0 Å². The summed E-state index contributed by atoms with van der Waals surface area (Å²) < 4.78 is 31.8. The summed E-state index contributed by atoms with van der Waals surface area (Å²) in [7, 11) is 1.68. The van der Waals surface area contributed by atoms with E-state index in [-0.39, 0.29) is 23.4 Å². The molecule has 2 amide bonds. The summed E-state index contributed by atoms with van der Waals surface area (Å²) in [6, 6.07) is 2.58. The van der Waals surface area contributed by atoms with Crippen molar-refractivity contribution in [3.05, 3.63) is 29.8 Å². The summed E-state index contributed by atoms with van der Waals surface area (Å²) in [5, 5.41) is 2.51. The highest BCUT2D eigenvalue weighted by Gasteiger charge is 2.32. The van der Waals surface area contributed by atoms with E-state index >= 15 is 0 Å². The maximum absolute atomic E-state index is 13.1. The molecule has 0 aromatic heterocycles. The van der Waals surface area contributed by atoms with Gasteiger partial charge in [0.1, 0.15) is 11.6 Å². The Morgan fingerprint density at radius 1 is 1.33 bits per heavy atom. The first-order valence-electron chi connectivity index (χ1n) is 6.91. The monoisotopic (exact) mass is 298 g/mol. The van der Waals surface area contributed by atoms with Crippen LogP contribution < -0.4 is 5.32 Å². The van der Waals surface area contributed by atoms with Crippen LogP contribution in [0.4, 0.5) is 19.3 Å². The third-order valence-corrected chi connectivity index (χ3v) is 3.65. The molecule has 0 saturated carbocycles. The molecular formula is C15H20F2N2O2. The van der Waals surface area contributed by atoms with E-state index in [4.69, 9.17) is 4.74 Å². The number of halogens is 2. The first kappa shape index (κ1) is 15.7. The predicted octanol–water partition coefficient (Wildman–Crippen LogP) is 3.39. The third kappa shape index (κ3) is 4.14. The molecule has 0 unspecified atom stereocenters. The molecule has 2 rings (SSSR count). The third-order valence-electron chi connectivity index (χ3n) is 3.65. The molecule has 0 radical (unpaired) electrons. The summed E-state index contributed by atoms with van der Waals surface area (Å²) in [6.07, 6.45) is 1.46. The van der Waals surface area contributed by atoms with Gasteiger partial charge in [0.15, 0.2) is 0 Å². The molecule has 21 heavy (non-hydrogen) atoms. The zero-order valence-corrected chi connectivity index (χ0v) is 12.5. The van der Waals surface area contributed by atoms with Crippen molar-refractivity contribution in [2.24, 2.45) is 0 Å². The van der Waals surface area contributed by atoms with Crippen molar-refractivity contribution >= 4 is 11.7 Å². The van der Waals surface area contributed by atoms with E-state index in [9.17, 15) is 13.6 Å². The molecule has 1 N–H and O–H groups in total. The van der Waals surface area contributed by atoms with Gasteiger partial charge in [0, 0.05) is 31.5 Å². The minimum Gasteiger partial charge on any atom is -0.375 e. The topological polar surface area (TPSA) is 41.6 Å². The van der Waals surface area contributed by atoms with Crippen molar-refractivity contribution < 1.29 is 18.3 Å². The van der Waals surface area contributed by atoms with Crippen LogP contribution in [0.1, 0.15) is 26.7 Å². The lowest BCUT2D eigenvalue weighted by molar-refractivity contribution is -0.0739. The van der Waals surface area contributed by atoms with E-state index in [0.29, 0.717) is 13.0 Å². The maximum Gasteiger partial charge on any atom is 0.321 e. The van der Waals surface area contributed by atoms with E-state index in [2.05, 4.69) is 5.32 Å². The van der Waals surface area contributed by atoms with Crippen LogP contribution in [0.5, 0.6) is 0 Å². The zero-order chi connectivity index (χ0) is 15.6. The molecule has 1 heterocycles. The number of benzene rings is 1. The Kier molecular flexibility index (Phi) is 4.46. The first-order valence-corrected chi connectivity index (χ1v) is 6.91. The maximum atomic E-state index is 13.1. The molecule has 4 nitrogen and oxygen atoms in total. The average Bonchev–Trinajstić information content (AvgIpc) is 2.35. The lowest BCUT2D eigenvalue weighted by atomic mass is 9.93. The molecular weight excluding hydrogens is 278 g/mol. The Labute approximate surface area is 123 Å². The summed E-state index contributed by atoms with van der Waals surface area (Å²) in [4.78, 5) is 13.7. The SMILES string of the molecule is CN(C(=O)Nc1cc(F)cc(F)c1)[C@@H]1CCOC(C)(C)C1. The molecule has 1 fully saturated rings. The highest BCUT2D eigenvalue weighted by Crippen LogP contribution is 2.27. The van der Waals surface area contributed by atoms with Crippen molar-refractivity contribution in [1.29, 1.82) is 0 Å². The predicted molar refractivity (Wildman–Crippen MR) is 76.2 cm³/mol. The fraction of sp³-hybridized carbons (Fsp3) is 0.533. The van der Waals surface area contributed by atoms with Gasteiger partial charge in [0.05, 0.1) is 5.60 Å². The number of ether oxygens (including phenoxy) is 1. The van der Waals surface area contributed by atoms with Crippen LogP contribution in [0.25, 0.3) is 0 Å². The van der Waals surface area contributed by atoms with Gasteiger partial charge in [-0.05, 0) is 38.8 Å². The standard InChI is InChI=1S/C15H20F2N2O2/c1-15(2)9-13(4-5-21-15)19(3)14(20)18-12-7-10(16)6-11(17)8-12/h6-8,13H,4-5,9H2,1-3H3,(H,18,20)/t13-/m1/s1. The fourth-order valence-corrected chi connectivity index (χ4v) is 2.53. The molecule has 1 aliphatic heterocycles. The van der Waals surface area contributed by atoms with Crippen LogP contribution in [0.2, 0.25) is 0 Å². The van der Waals surface area contributed by atoms with Gasteiger partial charge >= 0.3 is 6.03 Å². The van der Waals surface area contributed by atoms with E-state index in [1.54, 1.807) is 11.9 Å². The van der Waals surface area contributed by atoms with Crippen LogP contribution >= 0.6 is 0 Å². The number of nitrogens with one attached hydrogen (secondary N) is 1. The zero-order valence-electron chi connectivity index (χ0n) is 12.5. The molecule has 6 heteroatoms. The lowest BCUT2D eigenvalue weighted by Crippen LogP contribution is -2.48. The number of carbonyl (C=O) groups is 1. The number of hydrogen-bond acceptors (Lipinski definition) is 2. The van der Waals surface area contributed by atoms with E-state index in [0.717, 1.165) is 24.6 Å². The van der Waals surface area contributed by atoms with Gasteiger partial charge in [-0.3, -0.25) is 0 Å². The second-order valence-corrected chi connectivity index (χ2v) is 5.95. The molecule has 1 atom stereocenters. The molecule has 116 valence electrons. The van der Waals surface area contributed by atoms with Crippen molar-refractivity contribution in [1.82, 2.24) is 4.90 Å². The number of rotatable bonds is 2. The van der Waals surface area contributed by atoms with Crippen molar-refractivity contribution in [2.75, 3.05) is 19.0 Å². The Hall–Kier alpha value is -1.69. The Balaban J connectivity index is 2.02. The Bertz CT molecular complexity index is 514. The molecule has 1 aliphatic rings. The summed E-state index contributed by atoms with van der Waals surface area (Å²) >= 11 is 0. The summed E-state index contributed by atoms with van der Waals surface area (Å²) in [5.41, 5.74) is -0.168. The highest BCUT2D eigenvalue weighted by atomic mass is 19.1. The Morgan fingerprint density at radius 2 is 1.95 bits per heavy atom. The second kappa shape index (κ2) is 5.97. The minimum atomic E-state index is -0.722. The van der Waals surface area contributed by atoms with Gasteiger partial charge in [0.25, 0.3) is 0 Å². The number of urea groups is 1. The van der Waals surface area contributed by atoms with Gasteiger partial charge < -0.3 is 15.0 Å². The molecule has 1 aromatic carbocycles. The van der Waals surface area contributed by atoms with Crippen LogP contribution in [0.3, 0.4) is 0 Å². The number of nitrogens with zero attached hydrogens (tertiary/aromatic N) is 1. The second-order valence-electron chi connectivity index (χ2n) is 5.95. The largest absolute Gasteiger partial charge is 0.375 e. The molecule has 0 bridgehead atoms. The number of amides is 2. The molecule has 0 aliphatic carbocycles. The van der Waals surface area contributed by atoms with Crippen molar-refractivity contribution in [3.8, 4) is 0 Å². The summed E-state index contributed by atoms with van der Waals surface area (Å²) in [5.74, 6) is -1.44. The molecule has 1 aromatic rings. The average molecular weight is 298 g/mol. The lowest BCUT2D eigenvalue weighted by Gasteiger charge is -2.39. The highest BCUT2D eigenvalue weighted by molar-refractivity contribution is 5.89. The van der Waals surface area contributed by atoms with E-state index in [1.165, 1.54) is 0 Å². The minimum absolute atomic E-state index is 0.0344. The molecule has 1 saturated heterocycles. The van der Waals surface area contributed by atoms with Crippen molar-refractivity contribution in [2.45, 2.75) is 38.3 Å².